The van der Waals surface area contributed by atoms with E-state index in [1.807, 2.05) is 0 Å². The van der Waals surface area contributed by atoms with Gasteiger partial charge in [-0.3, -0.25) is 4.79 Å². The molecular formula is C14H22N4O4. The summed E-state index contributed by atoms with van der Waals surface area (Å²) >= 11 is 0. The number of likely N-dealkylation sites (tertiary alicyclic amines) is 1. The quantitative estimate of drug-likeness (QED) is 0.793. The lowest BCUT2D eigenvalue weighted by Crippen LogP contribution is -2.33. The lowest BCUT2D eigenvalue weighted by molar-refractivity contribution is -0.131. The lowest BCUT2D eigenvalue weighted by atomic mass is 10.1. The molecule has 1 fully saturated rings. The van der Waals surface area contributed by atoms with Crippen LogP contribution in [0.4, 0.5) is 0 Å². The van der Waals surface area contributed by atoms with Gasteiger partial charge in [0.25, 0.3) is 0 Å². The zero-order valence-electron chi connectivity index (χ0n) is 12.9. The SMILES string of the molecule is CC(C)CCOC1CCN(C(=O)Cn2cc(C(=O)O)nn2)C1. The Bertz CT molecular complexity index is 529. The van der Waals surface area contributed by atoms with Crippen molar-refractivity contribution >= 4 is 11.9 Å². The Kier molecular flexibility index (Phi) is 5.48. The van der Waals surface area contributed by atoms with Crippen LogP contribution in [0, 0.1) is 5.92 Å². The van der Waals surface area contributed by atoms with Gasteiger partial charge in [0.1, 0.15) is 6.54 Å². The summed E-state index contributed by atoms with van der Waals surface area (Å²) in [4.78, 5) is 24.6. The molecule has 2 rings (SSSR count). The summed E-state index contributed by atoms with van der Waals surface area (Å²) in [6.45, 7) is 6.26. The van der Waals surface area contributed by atoms with E-state index in [4.69, 9.17) is 9.84 Å². The predicted molar refractivity (Wildman–Crippen MR) is 77.4 cm³/mol. The minimum absolute atomic E-state index is 0.000998. The summed E-state index contributed by atoms with van der Waals surface area (Å²) in [5.41, 5.74) is -0.163. The van der Waals surface area contributed by atoms with Crippen LogP contribution in [0.15, 0.2) is 6.20 Å². The molecule has 1 atom stereocenters. The Labute approximate surface area is 129 Å². The Hall–Kier alpha value is -1.96. The van der Waals surface area contributed by atoms with E-state index in [-0.39, 0.29) is 24.2 Å². The largest absolute Gasteiger partial charge is 0.476 e. The Balaban J connectivity index is 1.77. The minimum Gasteiger partial charge on any atom is -0.476 e. The van der Waals surface area contributed by atoms with Gasteiger partial charge < -0.3 is 14.7 Å². The van der Waals surface area contributed by atoms with Crippen molar-refractivity contribution in [3.8, 4) is 0 Å². The van der Waals surface area contributed by atoms with Gasteiger partial charge in [-0.1, -0.05) is 19.1 Å². The predicted octanol–water partition coefficient (Wildman–Crippen LogP) is 0.640. The maximum Gasteiger partial charge on any atom is 0.358 e. The summed E-state index contributed by atoms with van der Waals surface area (Å²) in [5, 5.41) is 15.9. The fourth-order valence-electron chi connectivity index (χ4n) is 2.27. The van der Waals surface area contributed by atoms with E-state index in [1.165, 1.54) is 10.9 Å². The normalized spacial score (nSPS) is 18.1. The highest BCUT2D eigenvalue weighted by Crippen LogP contribution is 2.14. The topological polar surface area (TPSA) is 97.5 Å². The summed E-state index contributed by atoms with van der Waals surface area (Å²) in [6, 6.07) is 0. The van der Waals surface area contributed by atoms with Gasteiger partial charge in [-0.15, -0.1) is 5.10 Å². The van der Waals surface area contributed by atoms with Crippen molar-refractivity contribution in [3.63, 3.8) is 0 Å². The first-order valence-corrected chi connectivity index (χ1v) is 7.48. The van der Waals surface area contributed by atoms with Crippen molar-refractivity contribution in [3.05, 3.63) is 11.9 Å². The first-order chi connectivity index (χ1) is 10.5. The number of hydrogen-bond acceptors (Lipinski definition) is 5. The first kappa shape index (κ1) is 16.4. The second-order valence-corrected chi connectivity index (χ2v) is 5.91. The third-order valence-corrected chi connectivity index (χ3v) is 3.60. The molecule has 22 heavy (non-hydrogen) atoms. The maximum atomic E-state index is 12.2. The van der Waals surface area contributed by atoms with Gasteiger partial charge in [-0.05, 0) is 18.8 Å². The average Bonchev–Trinajstić information content (AvgIpc) is 3.07. The van der Waals surface area contributed by atoms with Crippen LogP contribution >= 0.6 is 0 Å². The highest BCUT2D eigenvalue weighted by atomic mass is 16.5. The smallest absolute Gasteiger partial charge is 0.358 e. The second kappa shape index (κ2) is 7.35. The summed E-state index contributed by atoms with van der Waals surface area (Å²) in [7, 11) is 0. The molecule has 0 bridgehead atoms. The molecule has 0 saturated carbocycles. The van der Waals surface area contributed by atoms with Crippen molar-refractivity contribution in [1.29, 1.82) is 0 Å². The highest BCUT2D eigenvalue weighted by Gasteiger charge is 2.27. The van der Waals surface area contributed by atoms with Crippen LogP contribution in [0.1, 0.15) is 37.2 Å². The molecule has 8 heteroatoms. The molecule has 0 radical (unpaired) electrons. The molecule has 1 aliphatic heterocycles. The van der Waals surface area contributed by atoms with Crippen LogP contribution in [-0.2, 0) is 16.1 Å². The van der Waals surface area contributed by atoms with Crippen LogP contribution in [0.3, 0.4) is 0 Å². The van der Waals surface area contributed by atoms with Crippen molar-refractivity contribution in [2.75, 3.05) is 19.7 Å². The lowest BCUT2D eigenvalue weighted by Gasteiger charge is -2.17. The van der Waals surface area contributed by atoms with E-state index in [1.54, 1.807) is 4.90 Å². The van der Waals surface area contributed by atoms with Crippen LogP contribution in [0.5, 0.6) is 0 Å². The van der Waals surface area contributed by atoms with Gasteiger partial charge in [-0.25, -0.2) is 9.48 Å². The van der Waals surface area contributed by atoms with Crippen molar-refractivity contribution in [2.45, 2.75) is 39.3 Å². The Morgan fingerprint density at radius 3 is 2.91 bits per heavy atom. The molecular weight excluding hydrogens is 288 g/mol. The Morgan fingerprint density at radius 1 is 1.50 bits per heavy atom. The number of hydrogen-bond donors (Lipinski definition) is 1. The number of aromatic nitrogens is 3. The first-order valence-electron chi connectivity index (χ1n) is 7.48. The number of nitrogens with zero attached hydrogens (tertiary/aromatic N) is 4. The van der Waals surface area contributed by atoms with E-state index >= 15 is 0 Å². The fourth-order valence-corrected chi connectivity index (χ4v) is 2.27. The van der Waals surface area contributed by atoms with Crippen LogP contribution in [0.2, 0.25) is 0 Å². The number of carbonyl (C=O) groups is 2. The maximum absolute atomic E-state index is 12.2. The van der Waals surface area contributed by atoms with Gasteiger partial charge in [0.05, 0.1) is 12.3 Å². The Morgan fingerprint density at radius 2 is 2.27 bits per heavy atom. The number of carboxylic acid groups (broad SMARTS) is 1. The molecule has 0 aromatic carbocycles. The molecule has 1 aliphatic rings. The molecule has 8 nitrogen and oxygen atoms in total. The number of carboxylic acids is 1. The third kappa shape index (κ3) is 4.52. The zero-order chi connectivity index (χ0) is 16.1. The van der Waals surface area contributed by atoms with E-state index < -0.39 is 5.97 Å². The van der Waals surface area contributed by atoms with E-state index in [0.29, 0.717) is 19.0 Å². The molecule has 1 aromatic heterocycles. The summed E-state index contributed by atoms with van der Waals surface area (Å²) in [5.74, 6) is -0.648. The average molecular weight is 310 g/mol. The monoisotopic (exact) mass is 310 g/mol. The molecule has 1 saturated heterocycles. The van der Waals surface area contributed by atoms with E-state index in [0.717, 1.165) is 19.4 Å². The molecule has 1 N–H and O–H groups in total. The minimum atomic E-state index is -1.15. The molecule has 1 unspecified atom stereocenters. The van der Waals surface area contributed by atoms with E-state index in [9.17, 15) is 9.59 Å². The molecule has 122 valence electrons. The number of ether oxygens (including phenoxy) is 1. The number of rotatable bonds is 7. The number of amides is 1. The van der Waals surface area contributed by atoms with Crippen LogP contribution in [0.25, 0.3) is 0 Å². The second-order valence-electron chi connectivity index (χ2n) is 5.91. The summed E-state index contributed by atoms with van der Waals surface area (Å²) in [6.07, 6.45) is 3.20. The fraction of sp³-hybridized carbons (Fsp3) is 0.714. The van der Waals surface area contributed by atoms with Crippen LogP contribution < -0.4 is 0 Å². The van der Waals surface area contributed by atoms with Gasteiger partial charge in [0.15, 0.2) is 5.69 Å². The standard InChI is InChI=1S/C14H22N4O4/c1-10(2)4-6-22-11-3-5-17(7-11)13(19)9-18-8-12(14(20)21)15-16-18/h8,10-11H,3-7,9H2,1-2H3,(H,20,21). The number of aromatic carboxylic acids is 1. The summed E-state index contributed by atoms with van der Waals surface area (Å²) < 4.78 is 7.02. The van der Waals surface area contributed by atoms with E-state index in [2.05, 4.69) is 24.2 Å². The van der Waals surface area contributed by atoms with Crippen molar-refractivity contribution in [1.82, 2.24) is 19.9 Å². The molecule has 0 aliphatic carbocycles. The van der Waals surface area contributed by atoms with Crippen LogP contribution in [-0.4, -0.2) is 62.7 Å². The highest BCUT2D eigenvalue weighted by molar-refractivity contribution is 5.84. The van der Waals surface area contributed by atoms with Gasteiger partial charge >= 0.3 is 5.97 Å². The number of carbonyl (C=O) groups excluding carboxylic acids is 1. The third-order valence-electron chi connectivity index (χ3n) is 3.60. The van der Waals surface area contributed by atoms with Gasteiger partial charge in [-0.2, -0.15) is 0 Å². The van der Waals surface area contributed by atoms with Gasteiger partial charge in [0.2, 0.25) is 5.91 Å². The van der Waals surface area contributed by atoms with Crippen molar-refractivity contribution in [2.24, 2.45) is 5.92 Å². The molecule has 1 amide bonds. The molecule has 0 spiro atoms. The zero-order valence-corrected chi connectivity index (χ0v) is 12.9. The molecule has 2 heterocycles. The van der Waals surface area contributed by atoms with Gasteiger partial charge in [0, 0.05) is 19.7 Å². The molecule has 1 aromatic rings. The van der Waals surface area contributed by atoms with Crippen molar-refractivity contribution < 1.29 is 19.4 Å².